The molecule has 27 heavy (non-hydrogen) atoms. The summed E-state index contributed by atoms with van der Waals surface area (Å²) in [6.07, 6.45) is 0.855. The number of rotatable bonds is 8. The number of nitrogens with zero attached hydrogens (tertiary/aromatic N) is 3. The quantitative estimate of drug-likeness (QED) is 0.541. The third-order valence-electron chi connectivity index (χ3n) is 3.69. The molecule has 0 aliphatic rings. The third-order valence-corrected chi connectivity index (χ3v) is 3.69. The van der Waals surface area contributed by atoms with Crippen molar-refractivity contribution in [2.75, 3.05) is 39.6 Å². The van der Waals surface area contributed by atoms with E-state index in [9.17, 15) is 9.59 Å². The molecule has 1 aromatic carbocycles. The molecule has 1 amide bonds. The summed E-state index contributed by atoms with van der Waals surface area (Å²) in [4.78, 5) is 34.5. The molecule has 2 rings (SSSR count). The average Bonchev–Trinajstić information content (AvgIpc) is 2.64. The van der Waals surface area contributed by atoms with Crippen LogP contribution in [0, 0.1) is 6.92 Å². The highest BCUT2D eigenvalue weighted by atomic mass is 16.5. The highest BCUT2D eigenvalue weighted by Gasteiger charge is 2.11. The van der Waals surface area contributed by atoms with Crippen molar-refractivity contribution < 1.29 is 14.3 Å². The van der Waals surface area contributed by atoms with Crippen LogP contribution >= 0.6 is 0 Å². The van der Waals surface area contributed by atoms with Gasteiger partial charge in [-0.3, -0.25) is 4.79 Å². The van der Waals surface area contributed by atoms with E-state index in [1.165, 1.54) is 7.11 Å². The minimum Gasteiger partial charge on any atom is -0.465 e. The summed E-state index contributed by atoms with van der Waals surface area (Å²) < 4.78 is 4.72. The Labute approximate surface area is 159 Å². The van der Waals surface area contributed by atoms with Crippen LogP contribution in [0.25, 0.3) is 0 Å². The Morgan fingerprint density at radius 2 is 1.96 bits per heavy atom. The molecule has 144 valence electrons. The standard InChI is InChI=1S/C19H25N5O3/c1-13-21-16(18(25)20-9-6-10-24(2)3)12-17(22-13)23-15-8-5-7-14(11-15)19(26)27-4/h5,7-8,11-12H,6,9-10H2,1-4H3,(H,20,25)(H,21,22,23). The van der Waals surface area contributed by atoms with Crippen LogP contribution in [0.1, 0.15) is 33.1 Å². The van der Waals surface area contributed by atoms with Gasteiger partial charge in [-0.1, -0.05) is 6.07 Å². The van der Waals surface area contributed by atoms with E-state index in [1.807, 2.05) is 14.1 Å². The molecule has 0 bridgehead atoms. The van der Waals surface area contributed by atoms with Gasteiger partial charge in [0.1, 0.15) is 17.3 Å². The van der Waals surface area contributed by atoms with E-state index in [0.717, 1.165) is 13.0 Å². The molecule has 0 saturated carbocycles. The number of methoxy groups -OCH3 is 1. The molecule has 0 fully saturated rings. The lowest BCUT2D eigenvalue weighted by Crippen LogP contribution is -2.28. The van der Waals surface area contributed by atoms with Gasteiger partial charge in [-0.05, 0) is 52.2 Å². The predicted molar refractivity (Wildman–Crippen MR) is 103 cm³/mol. The minimum atomic E-state index is -0.421. The van der Waals surface area contributed by atoms with E-state index in [4.69, 9.17) is 4.74 Å². The third kappa shape index (κ3) is 6.34. The van der Waals surface area contributed by atoms with Crippen molar-refractivity contribution in [1.29, 1.82) is 0 Å². The normalized spacial score (nSPS) is 10.6. The van der Waals surface area contributed by atoms with Crippen LogP contribution < -0.4 is 10.6 Å². The Hall–Kier alpha value is -3.00. The van der Waals surface area contributed by atoms with Gasteiger partial charge < -0.3 is 20.3 Å². The second kappa shape index (κ2) is 9.63. The van der Waals surface area contributed by atoms with Gasteiger partial charge in [-0.15, -0.1) is 0 Å². The highest BCUT2D eigenvalue weighted by molar-refractivity contribution is 5.93. The summed E-state index contributed by atoms with van der Waals surface area (Å²) in [7, 11) is 5.31. The second-order valence-electron chi connectivity index (χ2n) is 6.30. The van der Waals surface area contributed by atoms with E-state index in [0.29, 0.717) is 35.1 Å². The van der Waals surface area contributed by atoms with E-state index in [1.54, 1.807) is 37.3 Å². The minimum absolute atomic E-state index is 0.245. The number of amides is 1. The fraction of sp³-hybridized carbons (Fsp3) is 0.368. The Balaban J connectivity index is 2.08. The number of aryl methyl sites for hydroxylation is 1. The monoisotopic (exact) mass is 371 g/mol. The first-order chi connectivity index (χ1) is 12.9. The lowest BCUT2D eigenvalue weighted by Gasteiger charge is -2.11. The molecule has 0 atom stereocenters. The van der Waals surface area contributed by atoms with Crippen molar-refractivity contribution in [3.8, 4) is 0 Å². The maximum absolute atomic E-state index is 12.3. The number of ether oxygens (including phenoxy) is 1. The summed E-state index contributed by atoms with van der Waals surface area (Å²) in [6, 6.07) is 8.43. The molecule has 1 heterocycles. The van der Waals surface area contributed by atoms with Crippen molar-refractivity contribution in [2.24, 2.45) is 0 Å². The molecule has 8 nitrogen and oxygen atoms in total. The van der Waals surface area contributed by atoms with Crippen molar-refractivity contribution >= 4 is 23.4 Å². The Morgan fingerprint density at radius 1 is 1.19 bits per heavy atom. The Bertz CT molecular complexity index is 808. The summed E-state index contributed by atoms with van der Waals surface area (Å²) in [5, 5.41) is 5.96. The molecule has 0 radical (unpaired) electrons. The fourth-order valence-corrected chi connectivity index (χ4v) is 2.43. The Morgan fingerprint density at radius 3 is 2.67 bits per heavy atom. The zero-order valence-electron chi connectivity index (χ0n) is 16.1. The number of hydrogen-bond donors (Lipinski definition) is 2. The van der Waals surface area contributed by atoms with Gasteiger partial charge in [0.2, 0.25) is 0 Å². The number of carbonyl (C=O) groups excluding carboxylic acids is 2. The molecule has 2 aromatic rings. The van der Waals surface area contributed by atoms with E-state index in [2.05, 4.69) is 25.5 Å². The zero-order valence-corrected chi connectivity index (χ0v) is 16.1. The van der Waals surface area contributed by atoms with Crippen LogP contribution in [0.15, 0.2) is 30.3 Å². The maximum Gasteiger partial charge on any atom is 0.337 e. The molecular weight excluding hydrogens is 346 g/mol. The number of benzene rings is 1. The van der Waals surface area contributed by atoms with Gasteiger partial charge in [0.05, 0.1) is 12.7 Å². The predicted octanol–water partition coefficient (Wildman–Crippen LogP) is 2.00. The first-order valence-corrected chi connectivity index (χ1v) is 8.63. The van der Waals surface area contributed by atoms with Crippen molar-refractivity contribution in [1.82, 2.24) is 20.2 Å². The lowest BCUT2D eigenvalue weighted by molar-refractivity contribution is 0.0600. The number of anilines is 2. The van der Waals surface area contributed by atoms with Gasteiger partial charge in [-0.2, -0.15) is 0 Å². The maximum atomic E-state index is 12.3. The zero-order chi connectivity index (χ0) is 19.8. The second-order valence-corrected chi connectivity index (χ2v) is 6.30. The number of carbonyl (C=O) groups is 2. The van der Waals surface area contributed by atoms with Crippen LogP contribution in [0.3, 0.4) is 0 Å². The van der Waals surface area contributed by atoms with Gasteiger partial charge >= 0.3 is 5.97 Å². The molecule has 0 spiro atoms. The topological polar surface area (TPSA) is 96.4 Å². The first-order valence-electron chi connectivity index (χ1n) is 8.63. The number of esters is 1. The van der Waals surface area contributed by atoms with Gasteiger partial charge in [0.25, 0.3) is 5.91 Å². The molecule has 0 unspecified atom stereocenters. The summed E-state index contributed by atoms with van der Waals surface area (Å²) in [5.41, 5.74) is 1.37. The molecule has 0 saturated heterocycles. The Kier molecular flexibility index (Phi) is 7.25. The SMILES string of the molecule is COC(=O)c1cccc(Nc2cc(C(=O)NCCCN(C)C)nc(C)n2)c1. The number of aromatic nitrogens is 2. The van der Waals surface area contributed by atoms with Crippen LogP contribution in [0.5, 0.6) is 0 Å². The van der Waals surface area contributed by atoms with Crippen molar-refractivity contribution in [3.63, 3.8) is 0 Å². The largest absolute Gasteiger partial charge is 0.465 e. The van der Waals surface area contributed by atoms with Crippen LogP contribution in [-0.4, -0.2) is 61.0 Å². The summed E-state index contributed by atoms with van der Waals surface area (Å²) >= 11 is 0. The smallest absolute Gasteiger partial charge is 0.337 e. The molecule has 0 aliphatic heterocycles. The molecular formula is C19H25N5O3. The summed E-state index contributed by atoms with van der Waals surface area (Å²) in [6.45, 7) is 3.19. The fourth-order valence-electron chi connectivity index (χ4n) is 2.43. The van der Waals surface area contributed by atoms with Gasteiger partial charge in [0, 0.05) is 18.3 Å². The van der Waals surface area contributed by atoms with E-state index >= 15 is 0 Å². The number of nitrogens with one attached hydrogen (secondary N) is 2. The van der Waals surface area contributed by atoms with Crippen LogP contribution in [0.4, 0.5) is 11.5 Å². The molecule has 8 heteroatoms. The molecule has 2 N–H and O–H groups in total. The van der Waals surface area contributed by atoms with E-state index < -0.39 is 5.97 Å². The highest BCUT2D eigenvalue weighted by Crippen LogP contribution is 2.17. The van der Waals surface area contributed by atoms with Crippen molar-refractivity contribution in [3.05, 3.63) is 47.4 Å². The molecule has 1 aromatic heterocycles. The van der Waals surface area contributed by atoms with Crippen LogP contribution in [0.2, 0.25) is 0 Å². The average molecular weight is 371 g/mol. The van der Waals surface area contributed by atoms with Crippen molar-refractivity contribution in [2.45, 2.75) is 13.3 Å². The van der Waals surface area contributed by atoms with Gasteiger partial charge in [0.15, 0.2) is 0 Å². The molecule has 0 aliphatic carbocycles. The van der Waals surface area contributed by atoms with Crippen LogP contribution in [-0.2, 0) is 4.74 Å². The van der Waals surface area contributed by atoms with Gasteiger partial charge in [-0.25, -0.2) is 14.8 Å². The summed E-state index contributed by atoms with van der Waals surface area (Å²) in [5.74, 6) is 0.284. The number of hydrogen-bond acceptors (Lipinski definition) is 7. The lowest BCUT2D eigenvalue weighted by atomic mass is 10.2. The first kappa shape index (κ1) is 20.3. The van der Waals surface area contributed by atoms with E-state index in [-0.39, 0.29) is 5.91 Å².